The van der Waals surface area contributed by atoms with Gasteiger partial charge < -0.3 is 10.1 Å². The smallest absolute Gasteiger partial charge is 0.217 e. The highest BCUT2D eigenvalue weighted by molar-refractivity contribution is 5.73. The lowest BCUT2D eigenvalue weighted by Gasteiger charge is -2.45. The summed E-state index contributed by atoms with van der Waals surface area (Å²) in [5.41, 5.74) is 0.249. The number of benzene rings is 1. The first-order valence-corrected chi connectivity index (χ1v) is 7.92. The van der Waals surface area contributed by atoms with E-state index in [-0.39, 0.29) is 29.5 Å². The van der Waals surface area contributed by atoms with Gasteiger partial charge in [0.05, 0.1) is 12.2 Å². The van der Waals surface area contributed by atoms with Gasteiger partial charge in [-0.25, -0.2) is 8.78 Å². The van der Waals surface area contributed by atoms with Crippen LogP contribution in [0.3, 0.4) is 0 Å². The van der Waals surface area contributed by atoms with Crippen LogP contribution in [-0.4, -0.2) is 18.1 Å². The molecule has 1 N–H and O–H groups in total. The molecule has 0 radical (unpaired) electrons. The summed E-state index contributed by atoms with van der Waals surface area (Å²) < 4.78 is 33.6. The molecule has 2 aliphatic rings. The summed E-state index contributed by atoms with van der Waals surface area (Å²) in [6.45, 7) is 1.49. The van der Waals surface area contributed by atoms with E-state index in [1.165, 1.54) is 13.0 Å². The first-order valence-electron chi connectivity index (χ1n) is 7.92. The molecule has 1 aliphatic carbocycles. The minimum Gasteiger partial charge on any atom is -0.370 e. The van der Waals surface area contributed by atoms with Crippen molar-refractivity contribution in [1.29, 1.82) is 0 Å². The molecule has 120 valence electrons. The van der Waals surface area contributed by atoms with Gasteiger partial charge in [-0.05, 0) is 37.5 Å². The standard InChI is InChI=1S/C17H21F2NO2/c1-10(21)20-15-9-17(13-8-11(18)6-7-14(13)19)22-16-5-3-2-4-12(15)16/h6-8,12,15-17H,2-5,9H2,1H3,(H,20,21)/t12-,15+,16+,17+/m0/s1. The first kappa shape index (κ1) is 15.4. The number of ether oxygens (including phenoxy) is 1. The van der Waals surface area contributed by atoms with E-state index in [9.17, 15) is 13.6 Å². The fraction of sp³-hybridized carbons (Fsp3) is 0.588. The molecule has 1 aliphatic heterocycles. The van der Waals surface area contributed by atoms with Crippen molar-refractivity contribution in [1.82, 2.24) is 5.32 Å². The van der Waals surface area contributed by atoms with E-state index in [0.29, 0.717) is 6.42 Å². The van der Waals surface area contributed by atoms with Crippen LogP contribution in [-0.2, 0) is 9.53 Å². The second-order valence-corrected chi connectivity index (χ2v) is 6.32. The summed E-state index contributed by atoms with van der Waals surface area (Å²) in [6.07, 6.45) is 4.11. The van der Waals surface area contributed by atoms with Crippen molar-refractivity contribution in [2.24, 2.45) is 5.92 Å². The van der Waals surface area contributed by atoms with Gasteiger partial charge in [-0.2, -0.15) is 0 Å². The van der Waals surface area contributed by atoms with E-state index >= 15 is 0 Å². The van der Waals surface area contributed by atoms with Gasteiger partial charge in [0.25, 0.3) is 0 Å². The van der Waals surface area contributed by atoms with Crippen LogP contribution in [0.15, 0.2) is 18.2 Å². The average molecular weight is 309 g/mol. The number of hydrogen-bond acceptors (Lipinski definition) is 2. The Morgan fingerprint density at radius 3 is 2.82 bits per heavy atom. The van der Waals surface area contributed by atoms with Gasteiger partial charge in [-0.1, -0.05) is 12.8 Å². The maximum absolute atomic E-state index is 14.0. The Balaban J connectivity index is 1.86. The van der Waals surface area contributed by atoms with Crippen molar-refractivity contribution in [2.45, 2.75) is 57.3 Å². The maximum Gasteiger partial charge on any atom is 0.217 e. The Morgan fingerprint density at radius 2 is 2.05 bits per heavy atom. The minimum absolute atomic E-state index is 0.00650. The molecule has 1 saturated carbocycles. The van der Waals surface area contributed by atoms with Gasteiger partial charge in [-0.3, -0.25) is 4.79 Å². The summed E-state index contributed by atoms with van der Waals surface area (Å²) in [4.78, 5) is 11.5. The number of fused-ring (bicyclic) bond motifs is 1. The Bertz CT molecular complexity index is 564. The number of hydrogen-bond donors (Lipinski definition) is 1. The number of amides is 1. The zero-order valence-corrected chi connectivity index (χ0v) is 12.6. The number of nitrogens with one attached hydrogen (secondary N) is 1. The normalized spacial score (nSPS) is 31.4. The van der Waals surface area contributed by atoms with E-state index in [1.807, 2.05) is 0 Å². The third-order valence-electron chi connectivity index (χ3n) is 4.77. The molecule has 1 aromatic rings. The Hall–Kier alpha value is -1.49. The average Bonchev–Trinajstić information content (AvgIpc) is 2.49. The molecule has 0 spiro atoms. The molecule has 1 heterocycles. The van der Waals surface area contributed by atoms with Crippen LogP contribution < -0.4 is 5.32 Å². The van der Waals surface area contributed by atoms with Crippen LogP contribution in [0.4, 0.5) is 8.78 Å². The third kappa shape index (κ3) is 3.14. The van der Waals surface area contributed by atoms with E-state index in [2.05, 4.69) is 5.32 Å². The highest BCUT2D eigenvalue weighted by Crippen LogP contribution is 2.42. The lowest BCUT2D eigenvalue weighted by Crippen LogP contribution is -2.51. The van der Waals surface area contributed by atoms with Gasteiger partial charge in [0.1, 0.15) is 11.6 Å². The molecule has 0 bridgehead atoms. The van der Waals surface area contributed by atoms with E-state index in [4.69, 9.17) is 4.74 Å². The second kappa shape index (κ2) is 6.32. The largest absolute Gasteiger partial charge is 0.370 e. The number of carbonyl (C=O) groups is 1. The van der Waals surface area contributed by atoms with Gasteiger partial charge >= 0.3 is 0 Å². The van der Waals surface area contributed by atoms with Gasteiger partial charge in [0.15, 0.2) is 0 Å². The quantitative estimate of drug-likeness (QED) is 0.908. The predicted octanol–water partition coefficient (Wildman–Crippen LogP) is 3.49. The fourth-order valence-electron chi connectivity index (χ4n) is 3.82. The minimum atomic E-state index is -0.508. The first-order chi connectivity index (χ1) is 10.5. The highest BCUT2D eigenvalue weighted by atomic mass is 19.1. The Morgan fingerprint density at radius 1 is 1.27 bits per heavy atom. The highest BCUT2D eigenvalue weighted by Gasteiger charge is 2.41. The molecule has 1 saturated heterocycles. The van der Waals surface area contributed by atoms with Crippen LogP contribution in [0.5, 0.6) is 0 Å². The summed E-state index contributed by atoms with van der Waals surface area (Å²) in [7, 11) is 0. The fourth-order valence-corrected chi connectivity index (χ4v) is 3.82. The molecule has 0 unspecified atom stereocenters. The van der Waals surface area contributed by atoms with Crippen LogP contribution in [0, 0.1) is 17.6 Å². The van der Waals surface area contributed by atoms with Gasteiger partial charge in [0, 0.05) is 24.4 Å². The SMILES string of the molecule is CC(=O)N[C@@H]1C[C@H](c2cc(F)ccc2F)O[C@@H]2CCCC[C@@H]12. The van der Waals surface area contributed by atoms with Gasteiger partial charge in [0.2, 0.25) is 5.91 Å². The molecule has 2 fully saturated rings. The lowest BCUT2D eigenvalue weighted by atomic mass is 9.76. The van der Waals surface area contributed by atoms with Gasteiger partial charge in [-0.15, -0.1) is 0 Å². The van der Waals surface area contributed by atoms with Crippen molar-refractivity contribution in [3.05, 3.63) is 35.4 Å². The van der Waals surface area contributed by atoms with Crippen LogP contribution in [0.1, 0.15) is 50.7 Å². The van der Waals surface area contributed by atoms with Crippen LogP contribution >= 0.6 is 0 Å². The Kier molecular flexibility index (Phi) is 4.43. The zero-order chi connectivity index (χ0) is 15.7. The zero-order valence-electron chi connectivity index (χ0n) is 12.6. The van der Waals surface area contributed by atoms with E-state index in [0.717, 1.165) is 37.8 Å². The predicted molar refractivity (Wildman–Crippen MR) is 78.2 cm³/mol. The van der Waals surface area contributed by atoms with Crippen LogP contribution in [0.25, 0.3) is 0 Å². The second-order valence-electron chi connectivity index (χ2n) is 6.32. The molecule has 22 heavy (non-hydrogen) atoms. The topological polar surface area (TPSA) is 38.3 Å². The van der Waals surface area contributed by atoms with Crippen LogP contribution in [0.2, 0.25) is 0 Å². The molecule has 4 atom stereocenters. The van der Waals surface area contributed by atoms with Crippen molar-refractivity contribution < 1.29 is 18.3 Å². The summed E-state index contributed by atoms with van der Waals surface area (Å²) in [6, 6.07) is 3.41. The Labute approximate surface area is 129 Å². The summed E-state index contributed by atoms with van der Waals surface area (Å²) in [5.74, 6) is -0.746. The molecule has 5 heteroatoms. The lowest BCUT2D eigenvalue weighted by molar-refractivity contribution is -0.131. The van der Waals surface area contributed by atoms with Crippen molar-refractivity contribution in [3.8, 4) is 0 Å². The maximum atomic E-state index is 14.0. The molecule has 0 aromatic heterocycles. The monoisotopic (exact) mass is 309 g/mol. The molecular formula is C17H21F2NO2. The summed E-state index contributed by atoms with van der Waals surface area (Å²) in [5, 5.41) is 2.98. The van der Waals surface area contributed by atoms with Crippen molar-refractivity contribution in [3.63, 3.8) is 0 Å². The summed E-state index contributed by atoms with van der Waals surface area (Å²) >= 11 is 0. The molecule has 1 aromatic carbocycles. The molecule has 3 nitrogen and oxygen atoms in total. The number of rotatable bonds is 2. The third-order valence-corrected chi connectivity index (χ3v) is 4.77. The van der Waals surface area contributed by atoms with Crippen molar-refractivity contribution in [2.75, 3.05) is 0 Å². The van der Waals surface area contributed by atoms with E-state index < -0.39 is 17.7 Å². The molecule has 3 rings (SSSR count). The molecule has 1 amide bonds. The number of carbonyl (C=O) groups excluding carboxylic acids is 1. The van der Waals surface area contributed by atoms with E-state index in [1.54, 1.807) is 0 Å². The molecular weight excluding hydrogens is 288 g/mol. The number of halogens is 2. The van der Waals surface area contributed by atoms with Crippen molar-refractivity contribution >= 4 is 5.91 Å².